The van der Waals surface area contributed by atoms with Crippen LogP contribution in [-0.2, 0) is 0 Å². The van der Waals surface area contributed by atoms with Crippen LogP contribution in [0.3, 0.4) is 0 Å². The Labute approximate surface area is 90.7 Å². The molecule has 0 unspecified atom stereocenters. The van der Waals surface area contributed by atoms with E-state index in [2.05, 4.69) is 24.1 Å². The summed E-state index contributed by atoms with van der Waals surface area (Å²) in [4.78, 5) is 4.23. The fourth-order valence-corrected chi connectivity index (χ4v) is 1.49. The third-order valence-corrected chi connectivity index (χ3v) is 2.89. The maximum atomic E-state index is 6.13. The molecule has 1 aromatic rings. The van der Waals surface area contributed by atoms with E-state index >= 15 is 0 Å². The van der Waals surface area contributed by atoms with Gasteiger partial charge in [-0.2, -0.15) is 0 Å². The number of anilines is 1. The second kappa shape index (κ2) is 5.20. The minimum Gasteiger partial charge on any atom is -0.366 e. The van der Waals surface area contributed by atoms with Gasteiger partial charge in [0.2, 0.25) is 0 Å². The van der Waals surface area contributed by atoms with Gasteiger partial charge >= 0.3 is 0 Å². The van der Waals surface area contributed by atoms with Crippen molar-refractivity contribution in [3.05, 3.63) is 22.8 Å². The van der Waals surface area contributed by atoms with Gasteiger partial charge in [0.25, 0.3) is 0 Å². The van der Waals surface area contributed by atoms with Crippen molar-refractivity contribution in [3.8, 4) is 0 Å². The van der Waals surface area contributed by atoms with Crippen molar-refractivity contribution in [2.45, 2.75) is 39.7 Å². The minimum absolute atomic E-state index is 0.460. The van der Waals surface area contributed by atoms with Gasteiger partial charge in [-0.25, -0.2) is 4.98 Å². The van der Waals surface area contributed by atoms with Crippen LogP contribution in [0.4, 0.5) is 5.82 Å². The Morgan fingerprint density at radius 3 is 2.64 bits per heavy atom. The van der Waals surface area contributed by atoms with E-state index in [9.17, 15) is 0 Å². The van der Waals surface area contributed by atoms with Gasteiger partial charge in [-0.05, 0) is 31.4 Å². The van der Waals surface area contributed by atoms with Crippen molar-refractivity contribution in [2.75, 3.05) is 5.32 Å². The molecule has 0 amide bonds. The van der Waals surface area contributed by atoms with E-state index in [-0.39, 0.29) is 0 Å². The predicted octanol–water partition coefficient (Wildman–Crippen LogP) is 3.64. The highest BCUT2D eigenvalue weighted by molar-refractivity contribution is 6.33. The molecule has 2 nitrogen and oxygen atoms in total. The van der Waals surface area contributed by atoms with Crippen molar-refractivity contribution in [1.29, 1.82) is 0 Å². The van der Waals surface area contributed by atoms with Crippen LogP contribution in [-0.4, -0.2) is 11.0 Å². The first kappa shape index (κ1) is 11.3. The molecular formula is C11H17ClN2. The predicted molar refractivity (Wildman–Crippen MR) is 62.0 cm³/mol. The van der Waals surface area contributed by atoms with Crippen molar-refractivity contribution >= 4 is 17.4 Å². The van der Waals surface area contributed by atoms with Crippen molar-refractivity contribution in [2.24, 2.45) is 0 Å². The molecule has 78 valence electrons. The van der Waals surface area contributed by atoms with Crippen LogP contribution in [0.5, 0.6) is 0 Å². The van der Waals surface area contributed by atoms with Gasteiger partial charge in [0.1, 0.15) is 5.82 Å². The Morgan fingerprint density at radius 2 is 2.07 bits per heavy atom. The van der Waals surface area contributed by atoms with Gasteiger partial charge in [0, 0.05) is 12.2 Å². The average Bonchev–Trinajstić information content (AvgIpc) is 2.20. The molecule has 14 heavy (non-hydrogen) atoms. The summed E-state index contributed by atoms with van der Waals surface area (Å²) in [5, 5.41) is 4.08. The number of pyridine rings is 1. The zero-order valence-corrected chi connectivity index (χ0v) is 9.73. The number of halogens is 1. The second-order valence-corrected chi connectivity index (χ2v) is 3.83. The van der Waals surface area contributed by atoms with Crippen molar-refractivity contribution < 1.29 is 0 Å². The molecule has 0 saturated heterocycles. The zero-order valence-electron chi connectivity index (χ0n) is 8.97. The largest absolute Gasteiger partial charge is 0.366 e. The molecule has 3 heteroatoms. The highest BCUT2D eigenvalue weighted by Crippen LogP contribution is 2.23. The Morgan fingerprint density at radius 1 is 1.43 bits per heavy atom. The molecule has 1 aromatic heterocycles. The number of hydrogen-bond acceptors (Lipinski definition) is 2. The molecule has 0 bridgehead atoms. The third-order valence-electron chi connectivity index (χ3n) is 2.41. The van der Waals surface area contributed by atoms with Crippen molar-refractivity contribution in [1.82, 2.24) is 4.98 Å². The Balaban J connectivity index is 2.80. The first-order chi connectivity index (χ1) is 6.69. The van der Waals surface area contributed by atoms with Gasteiger partial charge in [-0.3, -0.25) is 0 Å². The summed E-state index contributed by atoms with van der Waals surface area (Å²) in [7, 11) is 0. The minimum atomic E-state index is 0.460. The number of rotatable bonds is 4. The molecule has 1 heterocycles. The third kappa shape index (κ3) is 2.61. The fraction of sp³-hybridized carbons (Fsp3) is 0.545. The van der Waals surface area contributed by atoms with E-state index in [4.69, 9.17) is 11.6 Å². The summed E-state index contributed by atoms with van der Waals surface area (Å²) < 4.78 is 0. The van der Waals surface area contributed by atoms with E-state index in [1.54, 1.807) is 6.20 Å². The summed E-state index contributed by atoms with van der Waals surface area (Å²) in [5.41, 5.74) is 1.06. The summed E-state index contributed by atoms with van der Waals surface area (Å²) >= 11 is 6.13. The number of hydrogen-bond donors (Lipinski definition) is 1. The van der Waals surface area contributed by atoms with Crippen LogP contribution < -0.4 is 5.32 Å². The first-order valence-corrected chi connectivity index (χ1v) is 5.44. The van der Waals surface area contributed by atoms with Gasteiger partial charge in [0.05, 0.1) is 5.02 Å². The molecule has 0 aromatic carbocycles. The van der Waals surface area contributed by atoms with E-state index in [1.165, 1.54) is 0 Å². The highest BCUT2D eigenvalue weighted by atomic mass is 35.5. The van der Waals surface area contributed by atoms with E-state index < -0.39 is 0 Å². The molecule has 1 rings (SSSR count). The lowest BCUT2D eigenvalue weighted by molar-refractivity contribution is 0.668. The van der Waals surface area contributed by atoms with Gasteiger partial charge in [-0.15, -0.1) is 0 Å². The monoisotopic (exact) mass is 212 g/mol. The lowest BCUT2D eigenvalue weighted by atomic mass is 10.1. The van der Waals surface area contributed by atoms with Crippen LogP contribution in [0.25, 0.3) is 0 Å². The summed E-state index contributed by atoms with van der Waals surface area (Å²) in [6.07, 6.45) is 3.96. The molecule has 0 fully saturated rings. The molecule has 0 atom stereocenters. The molecule has 0 spiro atoms. The molecule has 1 N–H and O–H groups in total. The van der Waals surface area contributed by atoms with E-state index in [0.717, 1.165) is 29.2 Å². The molecule has 0 aliphatic heterocycles. The topological polar surface area (TPSA) is 24.9 Å². The zero-order chi connectivity index (χ0) is 10.6. The van der Waals surface area contributed by atoms with Crippen LogP contribution >= 0.6 is 11.6 Å². The van der Waals surface area contributed by atoms with Crippen LogP contribution in [0.15, 0.2) is 12.3 Å². The molecular weight excluding hydrogens is 196 g/mol. The van der Waals surface area contributed by atoms with Crippen LogP contribution in [0, 0.1) is 6.92 Å². The number of nitrogens with one attached hydrogen (secondary N) is 1. The lowest BCUT2D eigenvalue weighted by Gasteiger charge is -2.16. The van der Waals surface area contributed by atoms with E-state index in [0.29, 0.717) is 6.04 Å². The maximum absolute atomic E-state index is 6.13. The van der Waals surface area contributed by atoms with Crippen molar-refractivity contribution in [3.63, 3.8) is 0 Å². The SMILES string of the molecule is CCC(CC)Nc1nccc(C)c1Cl. The highest BCUT2D eigenvalue weighted by Gasteiger charge is 2.08. The van der Waals surface area contributed by atoms with E-state index in [1.807, 2.05) is 13.0 Å². The lowest BCUT2D eigenvalue weighted by Crippen LogP contribution is -2.18. The molecule has 0 radical (unpaired) electrons. The van der Waals surface area contributed by atoms with Crippen LogP contribution in [0.2, 0.25) is 5.02 Å². The Kier molecular flexibility index (Phi) is 4.21. The normalized spacial score (nSPS) is 10.6. The molecule has 0 saturated carbocycles. The summed E-state index contributed by atoms with van der Waals surface area (Å²) in [5.74, 6) is 0.806. The number of aromatic nitrogens is 1. The van der Waals surface area contributed by atoms with Gasteiger partial charge in [-0.1, -0.05) is 25.4 Å². The average molecular weight is 213 g/mol. The quantitative estimate of drug-likeness (QED) is 0.824. The number of aryl methyl sites for hydroxylation is 1. The smallest absolute Gasteiger partial charge is 0.145 e. The standard InChI is InChI=1S/C11H17ClN2/c1-4-9(5-2)14-11-10(12)8(3)6-7-13-11/h6-7,9H,4-5H2,1-3H3,(H,13,14). The van der Waals surface area contributed by atoms with Gasteiger partial charge < -0.3 is 5.32 Å². The summed E-state index contributed by atoms with van der Waals surface area (Å²) in [6.45, 7) is 6.30. The maximum Gasteiger partial charge on any atom is 0.145 e. The Bertz CT molecular complexity index is 295. The Hall–Kier alpha value is -0.760. The molecule has 0 aliphatic carbocycles. The summed E-state index contributed by atoms with van der Waals surface area (Å²) in [6, 6.07) is 2.38. The molecule has 0 aliphatic rings. The fourth-order valence-electron chi connectivity index (χ4n) is 1.33. The first-order valence-electron chi connectivity index (χ1n) is 5.06. The van der Waals surface area contributed by atoms with Gasteiger partial charge in [0.15, 0.2) is 0 Å². The number of nitrogens with zero attached hydrogens (tertiary/aromatic N) is 1. The second-order valence-electron chi connectivity index (χ2n) is 3.45. The van der Waals surface area contributed by atoms with Crippen LogP contribution in [0.1, 0.15) is 32.3 Å².